The molecule has 0 aromatic carbocycles. The summed E-state index contributed by atoms with van der Waals surface area (Å²) in [6.45, 7) is 1.82. The number of rotatable bonds is 3. The molecule has 0 aromatic rings. The normalized spacial score (nSPS) is 33.6. The molecule has 0 unspecified atom stereocenters. The lowest BCUT2D eigenvalue weighted by Gasteiger charge is -2.38. The van der Waals surface area contributed by atoms with Crippen molar-refractivity contribution in [3.8, 4) is 0 Å². The number of hydrogen-bond donors (Lipinski definition) is 0. The summed E-state index contributed by atoms with van der Waals surface area (Å²) in [7, 11) is 2.49. The van der Waals surface area contributed by atoms with Crippen LogP contribution in [-0.2, 0) is 23.9 Å². The lowest BCUT2D eigenvalue weighted by molar-refractivity contribution is -0.164. The molecule has 0 heterocycles. The topological polar surface area (TPSA) is 69.7 Å². The van der Waals surface area contributed by atoms with Gasteiger partial charge in [0.1, 0.15) is 5.78 Å². The van der Waals surface area contributed by atoms with Gasteiger partial charge in [-0.05, 0) is 18.8 Å². The summed E-state index contributed by atoms with van der Waals surface area (Å²) in [6, 6.07) is 0. The van der Waals surface area contributed by atoms with Crippen molar-refractivity contribution in [2.75, 3.05) is 14.2 Å². The van der Waals surface area contributed by atoms with Crippen LogP contribution in [0.1, 0.15) is 26.2 Å². The summed E-state index contributed by atoms with van der Waals surface area (Å²) in [5, 5.41) is 0. The molecule has 2 aliphatic carbocycles. The number of esters is 2. The van der Waals surface area contributed by atoms with E-state index in [4.69, 9.17) is 0 Å². The highest BCUT2D eigenvalue weighted by Gasteiger charge is 2.75. The largest absolute Gasteiger partial charge is 0.468 e. The number of carbonyl (C=O) groups is 3. The SMILES string of the molecule is COC(=O)C1(C(=O)OC)C[C@H]1[C@@]1(C)CCC1=O. The van der Waals surface area contributed by atoms with Crippen molar-refractivity contribution < 1.29 is 23.9 Å². The van der Waals surface area contributed by atoms with Gasteiger partial charge in [0.2, 0.25) is 0 Å². The zero-order valence-electron chi connectivity index (χ0n) is 10.2. The van der Waals surface area contributed by atoms with Crippen LogP contribution in [0.4, 0.5) is 0 Å². The number of methoxy groups -OCH3 is 2. The molecule has 17 heavy (non-hydrogen) atoms. The van der Waals surface area contributed by atoms with Crippen molar-refractivity contribution in [3.05, 3.63) is 0 Å². The lowest BCUT2D eigenvalue weighted by atomic mass is 9.64. The zero-order chi connectivity index (χ0) is 12.8. The van der Waals surface area contributed by atoms with Gasteiger partial charge in [-0.1, -0.05) is 6.92 Å². The Morgan fingerprint density at radius 3 is 2.06 bits per heavy atom. The van der Waals surface area contributed by atoms with Gasteiger partial charge in [-0.25, -0.2) is 0 Å². The van der Waals surface area contributed by atoms with Crippen LogP contribution in [0.15, 0.2) is 0 Å². The molecule has 0 bridgehead atoms. The van der Waals surface area contributed by atoms with E-state index in [1.165, 1.54) is 14.2 Å². The minimum atomic E-state index is -1.24. The molecule has 0 aromatic heterocycles. The van der Waals surface area contributed by atoms with E-state index in [9.17, 15) is 14.4 Å². The Morgan fingerprint density at radius 2 is 1.76 bits per heavy atom. The molecule has 5 nitrogen and oxygen atoms in total. The Labute approximate surface area is 99.5 Å². The Morgan fingerprint density at radius 1 is 1.24 bits per heavy atom. The third-order valence-electron chi connectivity index (χ3n) is 4.34. The highest BCUT2D eigenvalue weighted by Crippen LogP contribution is 2.66. The summed E-state index contributed by atoms with van der Waals surface area (Å²) >= 11 is 0. The monoisotopic (exact) mass is 240 g/mol. The molecule has 0 aliphatic heterocycles. The predicted molar refractivity (Wildman–Crippen MR) is 56.9 cm³/mol. The summed E-state index contributed by atoms with van der Waals surface area (Å²) in [5.74, 6) is -1.32. The Hall–Kier alpha value is -1.39. The van der Waals surface area contributed by atoms with Crippen molar-refractivity contribution in [2.45, 2.75) is 26.2 Å². The Bertz CT molecular complexity index is 384. The number of hydrogen-bond acceptors (Lipinski definition) is 5. The first kappa shape index (κ1) is 12.1. The van der Waals surface area contributed by atoms with E-state index in [1.807, 2.05) is 6.92 Å². The molecule has 5 heteroatoms. The van der Waals surface area contributed by atoms with Crippen LogP contribution in [0, 0.1) is 16.7 Å². The molecule has 2 saturated carbocycles. The van der Waals surface area contributed by atoms with Crippen molar-refractivity contribution in [1.82, 2.24) is 0 Å². The van der Waals surface area contributed by atoms with Gasteiger partial charge in [0, 0.05) is 11.8 Å². The predicted octanol–water partition coefficient (Wildman–Crippen LogP) is 0.708. The smallest absolute Gasteiger partial charge is 0.323 e. The van der Waals surface area contributed by atoms with Gasteiger partial charge in [0.15, 0.2) is 5.41 Å². The number of ketones is 1. The van der Waals surface area contributed by atoms with Gasteiger partial charge in [0.05, 0.1) is 14.2 Å². The van der Waals surface area contributed by atoms with E-state index in [2.05, 4.69) is 9.47 Å². The quantitative estimate of drug-likeness (QED) is 0.536. The third kappa shape index (κ3) is 1.34. The van der Waals surface area contributed by atoms with Crippen molar-refractivity contribution >= 4 is 17.7 Å². The van der Waals surface area contributed by atoms with Gasteiger partial charge >= 0.3 is 11.9 Å². The first-order chi connectivity index (χ1) is 7.93. The van der Waals surface area contributed by atoms with Gasteiger partial charge in [-0.15, -0.1) is 0 Å². The first-order valence-corrected chi connectivity index (χ1v) is 5.63. The summed E-state index contributed by atoms with van der Waals surface area (Å²) in [5.41, 5.74) is -1.79. The molecule has 2 fully saturated rings. The van der Waals surface area contributed by atoms with Gasteiger partial charge in [-0.2, -0.15) is 0 Å². The molecule has 0 radical (unpaired) electrons. The van der Waals surface area contributed by atoms with Crippen molar-refractivity contribution in [3.63, 3.8) is 0 Å². The third-order valence-corrected chi connectivity index (χ3v) is 4.34. The molecule has 0 spiro atoms. The van der Waals surface area contributed by atoms with E-state index in [0.717, 1.165) is 6.42 Å². The van der Waals surface area contributed by atoms with Crippen molar-refractivity contribution in [1.29, 1.82) is 0 Å². The van der Waals surface area contributed by atoms with E-state index in [1.54, 1.807) is 0 Å². The number of ether oxygens (including phenoxy) is 2. The average molecular weight is 240 g/mol. The Balaban J connectivity index is 2.27. The second kappa shape index (κ2) is 3.55. The zero-order valence-corrected chi connectivity index (χ0v) is 10.2. The molecule has 0 N–H and O–H groups in total. The van der Waals surface area contributed by atoms with Crippen LogP contribution in [-0.4, -0.2) is 31.9 Å². The molecular formula is C12H16O5. The fourth-order valence-corrected chi connectivity index (χ4v) is 2.92. The van der Waals surface area contributed by atoms with Crippen LogP contribution in [0.5, 0.6) is 0 Å². The minimum Gasteiger partial charge on any atom is -0.468 e. The standard InChI is InChI=1S/C12H16O5/c1-11(5-4-8(11)13)7-6-12(7,9(14)16-2)10(15)17-3/h7H,4-6H2,1-3H3/t7-,11+/m0/s1. The molecule has 2 aliphatic rings. The van der Waals surface area contributed by atoms with Crippen LogP contribution in [0.3, 0.4) is 0 Å². The van der Waals surface area contributed by atoms with Crippen LogP contribution < -0.4 is 0 Å². The summed E-state index contributed by atoms with van der Waals surface area (Å²) in [6.07, 6.45) is 1.62. The van der Waals surface area contributed by atoms with E-state index in [0.29, 0.717) is 12.8 Å². The average Bonchev–Trinajstić information content (AvgIpc) is 3.10. The van der Waals surface area contributed by atoms with Crippen LogP contribution in [0.2, 0.25) is 0 Å². The molecule has 2 atom stereocenters. The van der Waals surface area contributed by atoms with Gasteiger partial charge in [-0.3, -0.25) is 14.4 Å². The van der Waals surface area contributed by atoms with Gasteiger partial charge in [0.25, 0.3) is 0 Å². The van der Waals surface area contributed by atoms with Crippen LogP contribution >= 0.6 is 0 Å². The van der Waals surface area contributed by atoms with Crippen LogP contribution in [0.25, 0.3) is 0 Å². The maximum atomic E-state index is 11.8. The minimum absolute atomic E-state index is 0.122. The van der Waals surface area contributed by atoms with Gasteiger partial charge < -0.3 is 9.47 Å². The van der Waals surface area contributed by atoms with E-state index < -0.39 is 22.8 Å². The second-order valence-electron chi connectivity index (χ2n) is 5.05. The number of Topliss-reactive ketones (excluding diaryl/α,β-unsaturated/α-hetero) is 1. The fourth-order valence-electron chi connectivity index (χ4n) is 2.92. The fraction of sp³-hybridized carbons (Fsp3) is 0.750. The molecule has 94 valence electrons. The number of carbonyl (C=O) groups excluding carboxylic acids is 3. The second-order valence-corrected chi connectivity index (χ2v) is 5.05. The molecule has 2 rings (SSSR count). The molecular weight excluding hydrogens is 224 g/mol. The first-order valence-electron chi connectivity index (χ1n) is 5.63. The summed E-state index contributed by atoms with van der Waals surface area (Å²) < 4.78 is 9.36. The highest BCUT2D eigenvalue weighted by atomic mass is 16.5. The molecule has 0 amide bonds. The maximum absolute atomic E-state index is 11.8. The summed E-state index contributed by atoms with van der Waals surface area (Å²) in [4.78, 5) is 35.2. The molecule has 0 saturated heterocycles. The lowest BCUT2D eigenvalue weighted by Crippen LogP contribution is -2.44. The highest BCUT2D eigenvalue weighted by molar-refractivity contribution is 6.06. The van der Waals surface area contributed by atoms with E-state index >= 15 is 0 Å². The van der Waals surface area contributed by atoms with E-state index in [-0.39, 0.29) is 11.7 Å². The maximum Gasteiger partial charge on any atom is 0.323 e. The Kier molecular flexibility index (Phi) is 2.52. The van der Waals surface area contributed by atoms with Crippen molar-refractivity contribution in [2.24, 2.45) is 16.7 Å².